The highest BCUT2D eigenvalue weighted by Crippen LogP contribution is 2.59. The molecule has 3 nitrogen and oxygen atoms in total. The topological polar surface area (TPSA) is 33.5 Å². The lowest BCUT2D eigenvalue weighted by atomic mass is 9.49. The molecule has 1 aliphatic heterocycles. The average Bonchev–Trinajstić information content (AvgIpc) is 3.23. The van der Waals surface area contributed by atoms with Crippen molar-refractivity contribution < 1.29 is 9.69 Å². The maximum absolute atomic E-state index is 12.7. The van der Waals surface area contributed by atoms with Gasteiger partial charge in [-0.05, 0) is 73.1 Å². The number of thiophene rings is 1. The summed E-state index contributed by atoms with van der Waals surface area (Å²) in [6.45, 7) is 2.76. The van der Waals surface area contributed by atoms with E-state index in [-0.39, 0.29) is 5.91 Å². The molecule has 0 aromatic carbocycles. The number of amides is 1. The van der Waals surface area contributed by atoms with Crippen molar-refractivity contribution in [2.24, 2.45) is 23.2 Å². The lowest BCUT2D eigenvalue weighted by Crippen LogP contribution is -3.11. The number of hydrogen-bond acceptors (Lipinski definition) is 2. The predicted molar refractivity (Wildman–Crippen MR) is 101 cm³/mol. The first kappa shape index (κ1) is 16.3. The van der Waals surface area contributed by atoms with Crippen LogP contribution in [-0.2, 0) is 4.79 Å². The Bertz CT molecular complexity index is 591. The Morgan fingerprint density at radius 1 is 1.20 bits per heavy atom. The van der Waals surface area contributed by atoms with Gasteiger partial charge in [0.05, 0.1) is 11.4 Å². The summed E-state index contributed by atoms with van der Waals surface area (Å²) in [6, 6.07) is 4.93. The molecule has 25 heavy (non-hydrogen) atoms. The highest BCUT2D eigenvalue weighted by atomic mass is 32.1. The third-order valence-corrected chi connectivity index (χ3v) is 8.57. The number of carbonyl (C=O) groups is 1. The Morgan fingerprint density at radius 2 is 1.92 bits per heavy atom. The minimum absolute atomic E-state index is 0.286. The van der Waals surface area contributed by atoms with Gasteiger partial charge in [-0.3, -0.25) is 4.79 Å². The highest BCUT2D eigenvalue weighted by Gasteiger charge is 2.50. The van der Waals surface area contributed by atoms with Crippen LogP contribution < -0.4 is 10.2 Å². The second-order valence-corrected chi connectivity index (χ2v) is 10.5. The zero-order chi connectivity index (χ0) is 16.9. The molecule has 4 aliphatic carbocycles. The van der Waals surface area contributed by atoms with Crippen LogP contribution in [0.4, 0.5) is 0 Å². The number of quaternary nitrogens is 1. The van der Waals surface area contributed by atoms with Crippen molar-refractivity contribution in [1.29, 1.82) is 0 Å². The Kier molecular flexibility index (Phi) is 4.16. The van der Waals surface area contributed by atoms with Crippen LogP contribution in [0.5, 0.6) is 0 Å². The van der Waals surface area contributed by atoms with E-state index in [2.05, 4.69) is 22.8 Å². The van der Waals surface area contributed by atoms with E-state index in [1.54, 1.807) is 0 Å². The van der Waals surface area contributed by atoms with Crippen molar-refractivity contribution >= 4 is 17.2 Å². The summed E-state index contributed by atoms with van der Waals surface area (Å²) in [5, 5.41) is 5.54. The first-order valence-corrected chi connectivity index (χ1v) is 11.2. The summed E-state index contributed by atoms with van der Waals surface area (Å²) in [5.41, 5.74) is 0.456. The summed E-state index contributed by atoms with van der Waals surface area (Å²) in [6.07, 6.45) is 11.1. The molecule has 1 saturated heterocycles. The molecular formula is C21H31N2OS+. The number of nitrogens with one attached hydrogen (secondary N) is 2. The number of carbonyl (C=O) groups excluding carboxylic acids is 1. The Hall–Kier alpha value is -0.870. The Morgan fingerprint density at radius 3 is 2.56 bits per heavy atom. The van der Waals surface area contributed by atoms with Gasteiger partial charge < -0.3 is 10.2 Å². The lowest BCUT2D eigenvalue weighted by Gasteiger charge is -2.56. The molecule has 5 aliphatic rings. The zero-order valence-corrected chi connectivity index (χ0v) is 16.0. The normalized spacial score (nSPS) is 42.0. The molecule has 2 N–H and O–H groups in total. The van der Waals surface area contributed by atoms with Crippen molar-refractivity contribution in [3.63, 3.8) is 0 Å². The Balaban J connectivity index is 1.17. The van der Waals surface area contributed by atoms with Gasteiger partial charge >= 0.3 is 0 Å². The summed E-state index contributed by atoms with van der Waals surface area (Å²) < 4.78 is 0. The summed E-state index contributed by atoms with van der Waals surface area (Å²) in [4.78, 5) is 15.6. The molecule has 4 heteroatoms. The van der Waals surface area contributed by atoms with Gasteiger partial charge in [-0.2, -0.15) is 0 Å². The van der Waals surface area contributed by atoms with E-state index in [0.717, 1.165) is 30.8 Å². The fourth-order valence-corrected chi connectivity index (χ4v) is 7.94. The van der Waals surface area contributed by atoms with Gasteiger partial charge in [0.15, 0.2) is 6.54 Å². The van der Waals surface area contributed by atoms with Crippen LogP contribution in [0.3, 0.4) is 0 Å². The number of hydrogen-bond donors (Lipinski definition) is 2. The van der Waals surface area contributed by atoms with E-state index < -0.39 is 0 Å². The minimum atomic E-state index is 0.286. The third-order valence-electron chi connectivity index (χ3n) is 7.58. The van der Waals surface area contributed by atoms with E-state index >= 15 is 0 Å². The number of likely N-dealkylation sites (tertiary alicyclic amines) is 1. The summed E-state index contributed by atoms with van der Waals surface area (Å²) in [7, 11) is 0. The van der Waals surface area contributed by atoms with Crippen molar-refractivity contribution in [3.8, 4) is 0 Å². The fraction of sp³-hybridized carbons (Fsp3) is 0.762. The zero-order valence-electron chi connectivity index (χ0n) is 15.1. The summed E-state index contributed by atoms with van der Waals surface area (Å²) >= 11 is 1.85. The number of rotatable bonds is 5. The van der Waals surface area contributed by atoms with Crippen LogP contribution >= 0.6 is 11.3 Å². The minimum Gasteiger partial charge on any atom is -0.351 e. The molecule has 6 rings (SSSR count). The van der Waals surface area contributed by atoms with E-state index in [0.29, 0.717) is 18.0 Å². The monoisotopic (exact) mass is 359 g/mol. The largest absolute Gasteiger partial charge is 0.351 e. The first-order valence-electron chi connectivity index (χ1n) is 10.3. The molecular weight excluding hydrogens is 328 g/mol. The molecule has 1 unspecified atom stereocenters. The molecule has 136 valence electrons. The van der Waals surface area contributed by atoms with E-state index in [1.165, 1.54) is 61.1 Å². The standard InChI is InChI=1S/C21H30N2OS/c24-20(13-23-5-1-3-18(23)19-4-2-6-25-19)22-14-21-10-15-7-16(11-21)9-17(8-15)12-21/h2,4,6,15-18H,1,3,5,7-14H2,(H,22,24)/p+1/t15?,16?,17?,18-,21?/m0/s1. The maximum atomic E-state index is 12.7. The van der Waals surface area contributed by atoms with Crippen LogP contribution in [-0.4, -0.2) is 25.5 Å². The molecule has 4 bridgehead atoms. The van der Waals surface area contributed by atoms with Crippen LogP contribution in [0.1, 0.15) is 62.3 Å². The van der Waals surface area contributed by atoms with Crippen LogP contribution in [0.15, 0.2) is 17.5 Å². The van der Waals surface area contributed by atoms with E-state index in [4.69, 9.17) is 0 Å². The van der Waals surface area contributed by atoms with E-state index in [9.17, 15) is 4.79 Å². The predicted octanol–water partition coefficient (Wildman–Crippen LogP) is 2.80. The SMILES string of the molecule is O=C(C[NH+]1CCC[C@H]1c1cccs1)NCC12CC3CC(CC(C3)C1)C2. The molecule has 1 aromatic heterocycles. The molecule has 2 atom stereocenters. The van der Waals surface area contributed by atoms with Gasteiger partial charge in [-0.25, -0.2) is 0 Å². The van der Waals surface area contributed by atoms with Crippen LogP contribution in [0.25, 0.3) is 0 Å². The lowest BCUT2D eigenvalue weighted by molar-refractivity contribution is -0.910. The maximum Gasteiger partial charge on any atom is 0.275 e. The average molecular weight is 360 g/mol. The summed E-state index contributed by atoms with van der Waals surface area (Å²) in [5.74, 6) is 3.19. The highest BCUT2D eigenvalue weighted by molar-refractivity contribution is 7.10. The smallest absolute Gasteiger partial charge is 0.275 e. The quantitative estimate of drug-likeness (QED) is 0.833. The van der Waals surface area contributed by atoms with Gasteiger partial charge in [0.25, 0.3) is 5.91 Å². The molecule has 4 saturated carbocycles. The molecule has 0 spiro atoms. The van der Waals surface area contributed by atoms with Crippen molar-refractivity contribution in [2.75, 3.05) is 19.6 Å². The van der Waals surface area contributed by atoms with Crippen molar-refractivity contribution in [2.45, 2.75) is 57.4 Å². The second kappa shape index (κ2) is 6.38. The molecule has 1 amide bonds. The van der Waals surface area contributed by atoms with Gasteiger partial charge in [-0.1, -0.05) is 6.07 Å². The van der Waals surface area contributed by atoms with Gasteiger partial charge in [0, 0.05) is 19.4 Å². The Labute approximate surface area is 155 Å². The van der Waals surface area contributed by atoms with Crippen molar-refractivity contribution in [1.82, 2.24) is 5.32 Å². The van der Waals surface area contributed by atoms with Crippen LogP contribution in [0, 0.1) is 23.2 Å². The van der Waals surface area contributed by atoms with Gasteiger partial charge in [0.2, 0.25) is 0 Å². The molecule has 0 radical (unpaired) electrons. The third kappa shape index (κ3) is 3.16. The van der Waals surface area contributed by atoms with Crippen molar-refractivity contribution in [3.05, 3.63) is 22.4 Å². The molecule has 2 heterocycles. The molecule has 1 aromatic rings. The fourth-order valence-electron chi connectivity index (χ4n) is 7.02. The van der Waals surface area contributed by atoms with Crippen LogP contribution in [0.2, 0.25) is 0 Å². The van der Waals surface area contributed by atoms with Gasteiger partial charge in [-0.15, -0.1) is 11.3 Å². The van der Waals surface area contributed by atoms with E-state index in [1.807, 2.05) is 11.3 Å². The second-order valence-electron chi connectivity index (χ2n) is 9.49. The molecule has 5 fully saturated rings. The van der Waals surface area contributed by atoms with Gasteiger partial charge in [0.1, 0.15) is 6.04 Å². The first-order chi connectivity index (χ1) is 12.2.